The third-order valence-corrected chi connectivity index (χ3v) is 6.96. The molecule has 198 valence electrons. The van der Waals surface area contributed by atoms with Gasteiger partial charge in [0.25, 0.3) is 0 Å². The van der Waals surface area contributed by atoms with E-state index < -0.39 is 0 Å². The predicted octanol–water partition coefficient (Wildman–Crippen LogP) is 5.78. The summed E-state index contributed by atoms with van der Waals surface area (Å²) in [4.78, 5) is 0. The molecule has 0 aliphatic carbocycles. The van der Waals surface area contributed by atoms with Crippen molar-refractivity contribution in [1.29, 1.82) is 0 Å². The van der Waals surface area contributed by atoms with E-state index in [1.165, 1.54) is 38.9 Å². The van der Waals surface area contributed by atoms with Crippen LogP contribution in [-0.4, -0.2) is 32.7 Å². The van der Waals surface area contributed by atoms with Crippen LogP contribution >= 0.6 is 0 Å². The van der Waals surface area contributed by atoms with Crippen LogP contribution in [-0.2, 0) is 26.9 Å². The van der Waals surface area contributed by atoms with Crippen LogP contribution in [0.25, 0.3) is 22.4 Å². The highest BCUT2D eigenvalue weighted by Crippen LogP contribution is 2.33. The molecule has 0 amide bonds. The van der Waals surface area contributed by atoms with E-state index in [0.29, 0.717) is 12.1 Å². The Kier molecular flexibility index (Phi) is 9.80. The number of hydrogen-bond donors (Lipinski definition) is 3. The summed E-state index contributed by atoms with van der Waals surface area (Å²) < 4.78 is 3.70. The molecule has 37 heavy (non-hydrogen) atoms. The molecule has 2 aliphatic heterocycles. The maximum atomic E-state index is 4.45. The van der Waals surface area contributed by atoms with Gasteiger partial charge < -0.3 is 16.8 Å². The van der Waals surface area contributed by atoms with Gasteiger partial charge in [-0.05, 0) is 79.7 Å². The van der Waals surface area contributed by atoms with Crippen LogP contribution in [0, 0.1) is 0 Å². The molecule has 7 nitrogen and oxygen atoms in total. The fourth-order valence-electron chi connectivity index (χ4n) is 5.17. The zero-order valence-electron chi connectivity index (χ0n) is 23.3. The first-order valence-corrected chi connectivity index (χ1v) is 13.2. The van der Waals surface area contributed by atoms with Crippen molar-refractivity contribution in [2.75, 3.05) is 13.1 Å². The normalized spacial score (nSPS) is 17.7. The summed E-state index contributed by atoms with van der Waals surface area (Å²) >= 11 is 0. The van der Waals surface area contributed by atoms with Gasteiger partial charge in [0.05, 0.1) is 11.9 Å². The van der Waals surface area contributed by atoms with Gasteiger partial charge in [-0.3, -0.25) is 9.36 Å². The predicted molar refractivity (Wildman–Crippen MR) is 154 cm³/mol. The van der Waals surface area contributed by atoms with Crippen LogP contribution < -0.4 is 16.8 Å². The molecule has 0 bridgehead atoms. The molecule has 0 fully saturated rings. The Hall–Kier alpha value is -3.26. The summed E-state index contributed by atoms with van der Waals surface area (Å²) in [5.74, 6) is 0. The van der Waals surface area contributed by atoms with Gasteiger partial charge in [-0.25, -0.2) is 0 Å². The SMILES string of the molecule is CC.CC1NCCc2ccc(-c3ccn(C)n3)cc21.CC1NCCc2cccc(-c3cnn(C)c3)c21.N. The van der Waals surface area contributed by atoms with Crippen molar-refractivity contribution >= 4 is 0 Å². The molecule has 2 unspecified atom stereocenters. The number of aromatic nitrogens is 4. The lowest BCUT2D eigenvalue weighted by molar-refractivity contribution is 0.541. The first-order valence-electron chi connectivity index (χ1n) is 13.2. The molecule has 2 aromatic carbocycles. The highest BCUT2D eigenvalue weighted by molar-refractivity contribution is 5.68. The fraction of sp³-hybridized carbons (Fsp3) is 0.400. The molecule has 0 radical (unpaired) electrons. The number of nitrogens with zero attached hydrogens (tertiary/aromatic N) is 4. The Morgan fingerprint density at radius 1 is 0.838 bits per heavy atom. The molecule has 5 N–H and O–H groups in total. The van der Waals surface area contributed by atoms with E-state index in [0.717, 1.165) is 31.6 Å². The van der Waals surface area contributed by atoms with Crippen molar-refractivity contribution < 1.29 is 0 Å². The van der Waals surface area contributed by atoms with Gasteiger partial charge in [0.15, 0.2) is 0 Å². The topological polar surface area (TPSA) is 94.7 Å². The highest BCUT2D eigenvalue weighted by atomic mass is 15.2. The Labute approximate surface area is 221 Å². The third kappa shape index (κ3) is 6.36. The number of aryl methyl sites for hydroxylation is 2. The number of rotatable bonds is 2. The minimum Gasteiger partial charge on any atom is -0.344 e. The standard InChI is InChI=1S/2C14H17N3.C2H6.H3N/c1-10-13-9-12(14-6-8-17(2)16-14)4-3-11(13)5-7-15-10;1-10-14-11(6-7-15-10)4-3-5-13(14)12-8-16-17(2)9-12;1-2;/h3-4,6,8-10,15H,5,7H2,1-2H3;3-5,8-10,15H,6-7H2,1-2H3;1-2H3;1H3. The van der Waals surface area contributed by atoms with Crippen molar-refractivity contribution in [2.45, 2.75) is 52.6 Å². The first kappa shape index (κ1) is 28.3. The second-order valence-electron chi connectivity index (χ2n) is 9.42. The molecule has 0 saturated carbocycles. The number of benzene rings is 2. The second-order valence-corrected chi connectivity index (χ2v) is 9.42. The van der Waals surface area contributed by atoms with E-state index in [-0.39, 0.29) is 6.15 Å². The maximum absolute atomic E-state index is 4.45. The van der Waals surface area contributed by atoms with Crippen LogP contribution in [0.1, 0.15) is 62.0 Å². The average molecular weight is 502 g/mol. The van der Waals surface area contributed by atoms with Crippen molar-refractivity contribution in [3.05, 3.63) is 83.3 Å². The molecule has 6 rings (SSSR count). The molecular formula is C30H43N7. The van der Waals surface area contributed by atoms with E-state index >= 15 is 0 Å². The minimum atomic E-state index is 0. The molecule has 4 aromatic rings. The van der Waals surface area contributed by atoms with E-state index in [2.05, 4.69) is 83.3 Å². The van der Waals surface area contributed by atoms with Gasteiger partial charge in [0, 0.05) is 49.7 Å². The first-order chi connectivity index (χ1) is 17.5. The van der Waals surface area contributed by atoms with Crippen LogP contribution in [0.4, 0.5) is 0 Å². The molecule has 0 saturated heterocycles. The maximum Gasteiger partial charge on any atom is 0.0923 e. The summed E-state index contributed by atoms with van der Waals surface area (Å²) in [6.45, 7) is 10.6. The smallest absolute Gasteiger partial charge is 0.0923 e. The van der Waals surface area contributed by atoms with Crippen LogP contribution in [0.2, 0.25) is 0 Å². The van der Waals surface area contributed by atoms with Crippen molar-refractivity contribution in [3.8, 4) is 22.4 Å². The average Bonchev–Trinajstić information content (AvgIpc) is 3.54. The Bertz CT molecular complexity index is 1290. The monoisotopic (exact) mass is 501 g/mol. The molecule has 4 heterocycles. The number of hydrogen-bond acceptors (Lipinski definition) is 5. The van der Waals surface area contributed by atoms with Crippen molar-refractivity contribution in [3.63, 3.8) is 0 Å². The van der Waals surface area contributed by atoms with Gasteiger partial charge >= 0.3 is 0 Å². The van der Waals surface area contributed by atoms with Crippen LogP contribution in [0.3, 0.4) is 0 Å². The summed E-state index contributed by atoms with van der Waals surface area (Å²) in [5.41, 5.74) is 10.6. The van der Waals surface area contributed by atoms with Gasteiger partial charge in [-0.15, -0.1) is 0 Å². The second kappa shape index (κ2) is 12.8. The number of fused-ring (bicyclic) bond motifs is 2. The lowest BCUT2D eigenvalue weighted by Gasteiger charge is -2.26. The Morgan fingerprint density at radius 3 is 2.24 bits per heavy atom. The Balaban J connectivity index is 0.000000188. The third-order valence-electron chi connectivity index (χ3n) is 6.96. The van der Waals surface area contributed by atoms with Gasteiger partial charge in [0.1, 0.15) is 0 Å². The van der Waals surface area contributed by atoms with Crippen LogP contribution in [0.15, 0.2) is 61.1 Å². The summed E-state index contributed by atoms with van der Waals surface area (Å²) in [6.07, 6.45) is 8.25. The van der Waals surface area contributed by atoms with E-state index in [1.54, 1.807) is 0 Å². The summed E-state index contributed by atoms with van der Waals surface area (Å²) in [6, 6.07) is 16.2. The van der Waals surface area contributed by atoms with E-state index in [1.807, 2.05) is 49.7 Å². The Morgan fingerprint density at radius 2 is 1.57 bits per heavy atom. The van der Waals surface area contributed by atoms with Gasteiger partial charge in [0.2, 0.25) is 0 Å². The zero-order chi connectivity index (χ0) is 25.7. The van der Waals surface area contributed by atoms with Crippen LogP contribution in [0.5, 0.6) is 0 Å². The lowest BCUT2D eigenvalue weighted by atomic mass is 9.89. The largest absolute Gasteiger partial charge is 0.344 e. The van der Waals surface area contributed by atoms with Gasteiger partial charge in [-0.1, -0.05) is 44.2 Å². The summed E-state index contributed by atoms with van der Waals surface area (Å²) in [5, 5.41) is 15.7. The molecular weight excluding hydrogens is 458 g/mol. The van der Waals surface area contributed by atoms with Gasteiger partial charge in [-0.2, -0.15) is 10.2 Å². The fourth-order valence-corrected chi connectivity index (χ4v) is 5.17. The summed E-state index contributed by atoms with van der Waals surface area (Å²) in [7, 11) is 3.91. The molecule has 2 atom stereocenters. The van der Waals surface area contributed by atoms with Crippen molar-refractivity contribution in [2.24, 2.45) is 14.1 Å². The quantitative estimate of drug-likeness (QED) is 0.324. The molecule has 0 spiro atoms. The number of nitrogens with one attached hydrogen (secondary N) is 2. The zero-order valence-corrected chi connectivity index (χ0v) is 23.3. The molecule has 2 aliphatic rings. The van der Waals surface area contributed by atoms with E-state index in [4.69, 9.17) is 0 Å². The van der Waals surface area contributed by atoms with Crippen molar-refractivity contribution in [1.82, 2.24) is 36.3 Å². The molecule has 7 heteroatoms. The lowest BCUT2D eigenvalue weighted by Crippen LogP contribution is -2.28. The van der Waals surface area contributed by atoms with E-state index in [9.17, 15) is 0 Å². The minimum absolute atomic E-state index is 0. The molecule has 2 aromatic heterocycles. The highest BCUT2D eigenvalue weighted by Gasteiger charge is 2.20.